The summed E-state index contributed by atoms with van der Waals surface area (Å²) < 4.78 is 23.2. The van der Waals surface area contributed by atoms with Crippen LogP contribution in [0.25, 0.3) is 16.5 Å². The second-order valence-corrected chi connectivity index (χ2v) is 10.6. The van der Waals surface area contributed by atoms with Crippen molar-refractivity contribution in [3.63, 3.8) is 0 Å². The Morgan fingerprint density at radius 1 is 1.03 bits per heavy atom. The molecule has 0 aliphatic carbocycles. The number of rotatable bonds is 6. The number of halogens is 1. The van der Waals surface area contributed by atoms with Crippen molar-refractivity contribution in [1.29, 1.82) is 0 Å². The van der Waals surface area contributed by atoms with Crippen molar-refractivity contribution in [2.75, 3.05) is 13.3 Å². The summed E-state index contributed by atoms with van der Waals surface area (Å²) in [7, 11) is -1.51. The average molecular weight is 460 g/mol. The maximum absolute atomic E-state index is 12.6. The van der Waals surface area contributed by atoms with Crippen LogP contribution in [-0.2, 0) is 14.6 Å². The number of hydrogen-bond acceptors (Lipinski definition) is 4. The molecular weight excluding hydrogens is 438 g/mol. The number of hydrogen-bond donors (Lipinski definition) is 0. The number of amides is 1. The summed E-state index contributed by atoms with van der Waals surface area (Å²) in [5, 5.41) is 0.698. The van der Waals surface area contributed by atoms with Crippen molar-refractivity contribution in [1.82, 2.24) is 4.90 Å². The van der Waals surface area contributed by atoms with Crippen LogP contribution in [0.4, 0.5) is 0 Å². The van der Waals surface area contributed by atoms with Gasteiger partial charge in [0.25, 0.3) is 0 Å². The quantitative estimate of drug-likeness (QED) is 0.444. The molecule has 1 aromatic heterocycles. The van der Waals surface area contributed by atoms with Crippen LogP contribution in [0.5, 0.6) is 0 Å². The molecule has 0 N–H and O–H groups in total. The lowest BCUT2D eigenvalue weighted by atomic mass is 10.1. The minimum atomic E-state index is -3.24. The molecule has 1 atom stereocenters. The van der Waals surface area contributed by atoms with Gasteiger partial charge < -0.3 is 4.90 Å². The molecule has 7 heteroatoms. The van der Waals surface area contributed by atoms with Gasteiger partial charge in [-0.05, 0) is 60.5 Å². The third kappa shape index (κ3) is 5.39. The maximum atomic E-state index is 12.6. The number of thiophene rings is 1. The lowest BCUT2D eigenvalue weighted by Crippen LogP contribution is -2.27. The number of benzene rings is 2. The summed E-state index contributed by atoms with van der Waals surface area (Å²) in [6.45, 7) is 1.91. The Kier molecular flexibility index (Phi) is 6.81. The summed E-state index contributed by atoms with van der Waals surface area (Å²) >= 11 is 7.54. The van der Waals surface area contributed by atoms with Gasteiger partial charge in [-0.2, -0.15) is 0 Å². The summed E-state index contributed by atoms with van der Waals surface area (Å²) in [6, 6.07) is 18.1. The number of carbonyl (C=O) groups excluding carboxylic acids is 1. The molecule has 0 bridgehead atoms. The molecule has 0 radical (unpaired) electrons. The molecule has 156 valence electrons. The SMILES string of the molecule is CC(c1ccc(S(C)(=O)=O)cc1)N(C)C(=O)/C=C/c1ccc(-c2ccc(Cl)cc2)s1. The van der Waals surface area contributed by atoms with Gasteiger partial charge in [0, 0.05) is 34.2 Å². The largest absolute Gasteiger partial charge is 0.335 e. The topological polar surface area (TPSA) is 54.5 Å². The highest BCUT2D eigenvalue weighted by atomic mass is 35.5. The minimum Gasteiger partial charge on any atom is -0.335 e. The van der Waals surface area contributed by atoms with E-state index < -0.39 is 9.84 Å². The molecule has 1 amide bonds. The van der Waals surface area contributed by atoms with E-state index in [4.69, 9.17) is 11.6 Å². The van der Waals surface area contributed by atoms with E-state index >= 15 is 0 Å². The Morgan fingerprint density at radius 3 is 2.27 bits per heavy atom. The van der Waals surface area contributed by atoms with Crippen molar-refractivity contribution in [3.05, 3.63) is 82.2 Å². The second kappa shape index (κ2) is 9.16. The monoisotopic (exact) mass is 459 g/mol. The van der Waals surface area contributed by atoms with Gasteiger partial charge in [0.15, 0.2) is 9.84 Å². The van der Waals surface area contributed by atoms with Crippen molar-refractivity contribution in [2.24, 2.45) is 0 Å². The zero-order valence-electron chi connectivity index (χ0n) is 16.9. The molecule has 0 spiro atoms. The van der Waals surface area contributed by atoms with E-state index in [0.29, 0.717) is 5.02 Å². The molecule has 0 aliphatic rings. The van der Waals surface area contributed by atoms with Gasteiger partial charge in [0.1, 0.15) is 0 Å². The van der Waals surface area contributed by atoms with Gasteiger partial charge in [-0.3, -0.25) is 4.79 Å². The van der Waals surface area contributed by atoms with Gasteiger partial charge >= 0.3 is 0 Å². The van der Waals surface area contributed by atoms with E-state index in [1.54, 1.807) is 53.6 Å². The molecule has 3 rings (SSSR count). The van der Waals surface area contributed by atoms with Gasteiger partial charge in [-0.15, -0.1) is 11.3 Å². The zero-order valence-corrected chi connectivity index (χ0v) is 19.3. The second-order valence-electron chi connectivity index (χ2n) is 7.01. The van der Waals surface area contributed by atoms with Crippen molar-refractivity contribution < 1.29 is 13.2 Å². The van der Waals surface area contributed by atoms with E-state index in [1.165, 1.54) is 6.26 Å². The van der Waals surface area contributed by atoms with Crippen LogP contribution in [-0.4, -0.2) is 32.5 Å². The number of likely N-dealkylation sites (N-methyl/N-ethyl adjacent to an activating group) is 1. The zero-order chi connectivity index (χ0) is 21.9. The fraction of sp³-hybridized carbons (Fsp3) is 0.174. The first kappa shape index (κ1) is 22.3. The third-order valence-electron chi connectivity index (χ3n) is 4.86. The van der Waals surface area contributed by atoms with Gasteiger partial charge in [0.2, 0.25) is 5.91 Å². The number of nitrogens with zero attached hydrogens (tertiary/aromatic N) is 1. The molecule has 4 nitrogen and oxygen atoms in total. The van der Waals surface area contributed by atoms with Crippen LogP contribution in [0, 0.1) is 0 Å². The first-order valence-electron chi connectivity index (χ1n) is 9.26. The van der Waals surface area contributed by atoms with Crippen LogP contribution in [0.15, 0.2) is 71.6 Å². The lowest BCUT2D eigenvalue weighted by molar-refractivity contribution is -0.126. The average Bonchev–Trinajstić information content (AvgIpc) is 3.20. The normalized spacial score (nSPS) is 12.8. The Bertz CT molecular complexity index is 1160. The van der Waals surface area contributed by atoms with Crippen LogP contribution in [0.1, 0.15) is 23.4 Å². The van der Waals surface area contributed by atoms with Crippen LogP contribution in [0.2, 0.25) is 5.02 Å². The van der Waals surface area contributed by atoms with E-state index in [9.17, 15) is 13.2 Å². The lowest BCUT2D eigenvalue weighted by Gasteiger charge is -2.24. The summed E-state index contributed by atoms with van der Waals surface area (Å²) in [5.41, 5.74) is 1.95. The van der Waals surface area contributed by atoms with Gasteiger partial charge in [0.05, 0.1) is 10.9 Å². The van der Waals surface area contributed by atoms with E-state index in [2.05, 4.69) is 0 Å². The number of sulfone groups is 1. The molecular formula is C23H22ClNO3S2. The highest BCUT2D eigenvalue weighted by molar-refractivity contribution is 7.90. The molecule has 0 saturated carbocycles. The van der Waals surface area contributed by atoms with Crippen LogP contribution < -0.4 is 0 Å². The Morgan fingerprint density at radius 2 is 1.67 bits per heavy atom. The van der Waals surface area contributed by atoms with E-state index in [0.717, 1.165) is 20.9 Å². The molecule has 2 aromatic carbocycles. The van der Waals surface area contributed by atoms with Gasteiger partial charge in [-0.1, -0.05) is 35.9 Å². The van der Waals surface area contributed by atoms with E-state index in [1.807, 2.05) is 49.4 Å². The molecule has 30 heavy (non-hydrogen) atoms. The summed E-state index contributed by atoms with van der Waals surface area (Å²) in [4.78, 5) is 16.6. The Balaban J connectivity index is 1.67. The highest BCUT2D eigenvalue weighted by Crippen LogP contribution is 2.30. The highest BCUT2D eigenvalue weighted by Gasteiger charge is 2.16. The van der Waals surface area contributed by atoms with Crippen molar-refractivity contribution >= 4 is 44.8 Å². The van der Waals surface area contributed by atoms with Crippen LogP contribution in [0.3, 0.4) is 0 Å². The summed E-state index contributed by atoms with van der Waals surface area (Å²) in [6.07, 6.45) is 4.54. The number of carbonyl (C=O) groups is 1. The fourth-order valence-corrected chi connectivity index (χ4v) is 4.56. The first-order chi connectivity index (χ1) is 14.1. The van der Waals surface area contributed by atoms with Gasteiger partial charge in [-0.25, -0.2) is 8.42 Å². The molecule has 1 unspecified atom stereocenters. The predicted molar refractivity (Wildman–Crippen MR) is 125 cm³/mol. The molecule has 0 saturated heterocycles. The minimum absolute atomic E-state index is 0.129. The first-order valence-corrected chi connectivity index (χ1v) is 12.3. The van der Waals surface area contributed by atoms with Crippen LogP contribution >= 0.6 is 22.9 Å². The standard InChI is InChI=1S/C23H22ClNO3S2/c1-16(17-6-12-21(13-7-17)30(3,27)28)25(2)23(26)15-11-20-10-14-22(29-20)18-4-8-19(24)9-5-18/h4-16H,1-3H3/b15-11+. The smallest absolute Gasteiger partial charge is 0.246 e. The van der Waals surface area contributed by atoms with Crippen molar-refractivity contribution in [3.8, 4) is 10.4 Å². The van der Waals surface area contributed by atoms with Crippen molar-refractivity contribution in [2.45, 2.75) is 17.9 Å². The Labute approximate surface area is 186 Å². The third-order valence-corrected chi connectivity index (χ3v) is 7.34. The molecule has 1 heterocycles. The Hall–Kier alpha value is -2.41. The van der Waals surface area contributed by atoms with E-state index in [-0.39, 0.29) is 16.8 Å². The predicted octanol–water partition coefficient (Wildman–Crippen LogP) is 5.70. The molecule has 0 aliphatic heterocycles. The maximum Gasteiger partial charge on any atom is 0.246 e. The fourth-order valence-electron chi connectivity index (χ4n) is 2.89. The molecule has 3 aromatic rings. The molecule has 0 fully saturated rings. The summed E-state index contributed by atoms with van der Waals surface area (Å²) in [5.74, 6) is -0.129.